The first-order valence-electron chi connectivity index (χ1n) is 8.45. The van der Waals surface area contributed by atoms with Crippen LogP contribution in [0.5, 0.6) is 0 Å². The molecule has 0 fully saturated rings. The number of nitrogens with zero attached hydrogens (tertiary/aromatic N) is 3. The van der Waals surface area contributed by atoms with Gasteiger partial charge in [-0.2, -0.15) is 0 Å². The molecule has 1 aromatic heterocycles. The van der Waals surface area contributed by atoms with Gasteiger partial charge < -0.3 is 10.2 Å². The monoisotopic (exact) mass is 334 g/mol. The highest BCUT2D eigenvalue weighted by molar-refractivity contribution is 5.66. The lowest BCUT2D eigenvalue weighted by atomic mass is 10.0. The smallest absolute Gasteiger partial charge is 0.138 e. The maximum absolute atomic E-state index is 13.0. The van der Waals surface area contributed by atoms with Crippen LogP contribution < -0.4 is 10.2 Å². The summed E-state index contributed by atoms with van der Waals surface area (Å²) in [7, 11) is 0. The molecule has 0 saturated carbocycles. The standard InChI is InChI=1S/C20H19FN4/c21-17-9-7-15(8-10-17)13-22-19-12-20(24-14-23-19)25-11-3-5-16-4-1-2-6-18(16)25/h1-2,4,6-10,12,14H,3,5,11,13H2,(H,22,23,24). The number of aryl methyl sites for hydroxylation is 1. The molecule has 0 atom stereocenters. The Morgan fingerprint density at radius 1 is 1.04 bits per heavy atom. The summed E-state index contributed by atoms with van der Waals surface area (Å²) in [5.41, 5.74) is 3.58. The number of para-hydroxylation sites is 1. The van der Waals surface area contributed by atoms with E-state index in [-0.39, 0.29) is 5.82 Å². The number of rotatable bonds is 4. The van der Waals surface area contributed by atoms with Crippen molar-refractivity contribution in [2.75, 3.05) is 16.8 Å². The Morgan fingerprint density at radius 3 is 2.76 bits per heavy atom. The first-order chi connectivity index (χ1) is 12.3. The topological polar surface area (TPSA) is 41.0 Å². The number of hydrogen-bond acceptors (Lipinski definition) is 4. The molecular weight excluding hydrogens is 315 g/mol. The van der Waals surface area contributed by atoms with Gasteiger partial charge in [-0.05, 0) is 42.2 Å². The number of nitrogens with one attached hydrogen (secondary N) is 1. The maximum Gasteiger partial charge on any atom is 0.138 e. The molecule has 4 rings (SSSR count). The van der Waals surface area contributed by atoms with Crippen LogP contribution in [0.2, 0.25) is 0 Å². The largest absolute Gasteiger partial charge is 0.366 e. The number of halogens is 1. The fraction of sp³-hybridized carbons (Fsp3) is 0.200. The molecule has 1 N–H and O–H groups in total. The lowest BCUT2D eigenvalue weighted by Crippen LogP contribution is -2.25. The molecule has 0 spiro atoms. The Hall–Kier alpha value is -2.95. The molecule has 0 bridgehead atoms. The summed E-state index contributed by atoms with van der Waals surface area (Å²) in [5, 5.41) is 3.28. The summed E-state index contributed by atoms with van der Waals surface area (Å²) in [4.78, 5) is 11.0. The van der Waals surface area contributed by atoms with Crippen LogP contribution in [0, 0.1) is 5.82 Å². The molecule has 0 amide bonds. The number of anilines is 3. The summed E-state index contributed by atoms with van der Waals surface area (Å²) in [6.07, 6.45) is 3.80. The van der Waals surface area contributed by atoms with E-state index in [1.807, 2.05) is 6.07 Å². The Morgan fingerprint density at radius 2 is 1.88 bits per heavy atom. The fourth-order valence-electron chi connectivity index (χ4n) is 3.16. The van der Waals surface area contributed by atoms with Crippen molar-refractivity contribution in [3.8, 4) is 0 Å². The Kier molecular flexibility index (Phi) is 4.29. The minimum absolute atomic E-state index is 0.225. The van der Waals surface area contributed by atoms with E-state index in [0.29, 0.717) is 6.54 Å². The third kappa shape index (κ3) is 3.45. The van der Waals surface area contributed by atoms with Crippen molar-refractivity contribution >= 4 is 17.3 Å². The Balaban J connectivity index is 1.53. The van der Waals surface area contributed by atoms with Crippen LogP contribution >= 0.6 is 0 Å². The molecular formula is C20H19FN4. The molecule has 0 saturated heterocycles. The summed E-state index contributed by atoms with van der Waals surface area (Å²) >= 11 is 0. The van der Waals surface area contributed by atoms with Crippen LogP contribution in [-0.2, 0) is 13.0 Å². The molecule has 2 heterocycles. The predicted molar refractivity (Wildman–Crippen MR) is 97.5 cm³/mol. The zero-order chi connectivity index (χ0) is 17.1. The number of hydrogen-bond donors (Lipinski definition) is 1. The first-order valence-corrected chi connectivity index (χ1v) is 8.45. The van der Waals surface area contributed by atoms with Crippen LogP contribution in [-0.4, -0.2) is 16.5 Å². The summed E-state index contributed by atoms with van der Waals surface area (Å²) in [5.74, 6) is 1.43. The van der Waals surface area contributed by atoms with Crippen LogP contribution in [0.1, 0.15) is 17.5 Å². The molecule has 5 heteroatoms. The van der Waals surface area contributed by atoms with Crippen molar-refractivity contribution in [1.29, 1.82) is 0 Å². The van der Waals surface area contributed by atoms with Crippen molar-refractivity contribution in [3.05, 3.63) is 77.9 Å². The van der Waals surface area contributed by atoms with Crippen molar-refractivity contribution in [3.63, 3.8) is 0 Å². The van der Waals surface area contributed by atoms with E-state index in [2.05, 4.69) is 44.5 Å². The third-order valence-electron chi connectivity index (χ3n) is 4.43. The van der Waals surface area contributed by atoms with Crippen LogP contribution in [0.4, 0.5) is 21.7 Å². The molecule has 126 valence electrons. The molecule has 0 radical (unpaired) electrons. The van der Waals surface area contributed by atoms with Gasteiger partial charge in [-0.3, -0.25) is 0 Å². The van der Waals surface area contributed by atoms with Crippen LogP contribution in [0.15, 0.2) is 60.9 Å². The lowest BCUT2D eigenvalue weighted by Gasteiger charge is -2.30. The van der Waals surface area contributed by atoms with E-state index in [1.54, 1.807) is 18.5 Å². The second-order valence-corrected chi connectivity index (χ2v) is 6.13. The van der Waals surface area contributed by atoms with E-state index in [9.17, 15) is 4.39 Å². The highest BCUT2D eigenvalue weighted by Crippen LogP contribution is 2.32. The summed E-state index contributed by atoms with van der Waals surface area (Å²) in [6.45, 7) is 1.54. The summed E-state index contributed by atoms with van der Waals surface area (Å²) in [6, 6.07) is 16.9. The minimum Gasteiger partial charge on any atom is -0.366 e. The number of benzene rings is 2. The van der Waals surface area contributed by atoms with Gasteiger partial charge >= 0.3 is 0 Å². The molecule has 0 aliphatic carbocycles. The van der Waals surface area contributed by atoms with Gasteiger partial charge in [0.1, 0.15) is 23.8 Å². The lowest BCUT2D eigenvalue weighted by molar-refractivity contribution is 0.627. The SMILES string of the molecule is Fc1ccc(CNc2cc(N3CCCc4ccccc43)ncn2)cc1. The first kappa shape index (κ1) is 15.6. The summed E-state index contributed by atoms with van der Waals surface area (Å²) < 4.78 is 13.0. The molecule has 0 unspecified atom stereocenters. The van der Waals surface area contributed by atoms with E-state index < -0.39 is 0 Å². The zero-order valence-corrected chi connectivity index (χ0v) is 13.8. The van der Waals surface area contributed by atoms with E-state index in [4.69, 9.17) is 0 Å². The highest BCUT2D eigenvalue weighted by atomic mass is 19.1. The fourth-order valence-corrected chi connectivity index (χ4v) is 3.16. The zero-order valence-electron chi connectivity index (χ0n) is 13.8. The molecule has 1 aliphatic heterocycles. The molecule has 25 heavy (non-hydrogen) atoms. The van der Waals surface area contributed by atoms with Gasteiger partial charge in [-0.15, -0.1) is 0 Å². The van der Waals surface area contributed by atoms with Gasteiger partial charge in [0.2, 0.25) is 0 Å². The van der Waals surface area contributed by atoms with Crippen LogP contribution in [0.25, 0.3) is 0 Å². The Bertz CT molecular complexity index is 864. The van der Waals surface area contributed by atoms with E-state index in [1.165, 1.54) is 23.4 Å². The number of aromatic nitrogens is 2. The van der Waals surface area contributed by atoms with Gasteiger partial charge in [0.15, 0.2) is 0 Å². The van der Waals surface area contributed by atoms with Crippen molar-refractivity contribution in [2.45, 2.75) is 19.4 Å². The molecule has 2 aromatic carbocycles. The second kappa shape index (κ2) is 6.89. The minimum atomic E-state index is -0.225. The second-order valence-electron chi connectivity index (χ2n) is 6.13. The van der Waals surface area contributed by atoms with Crippen molar-refractivity contribution in [2.24, 2.45) is 0 Å². The van der Waals surface area contributed by atoms with Gasteiger partial charge in [-0.25, -0.2) is 14.4 Å². The van der Waals surface area contributed by atoms with Gasteiger partial charge in [0.05, 0.1) is 0 Å². The number of fused-ring (bicyclic) bond motifs is 1. The predicted octanol–water partition coefficient (Wildman–Crippen LogP) is 4.31. The molecule has 3 aromatic rings. The Labute approximate surface area is 146 Å². The highest BCUT2D eigenvalue weighted by Gasteiger charge is 2.18. The van der Waals surface area contributed by atoms with E-state index in [0.717, 1.165) is 36.6 Å². The quantitative estimate of drug-likeness (QED) is 0.772. The van der Waals surface area contributed by atoms with Crippen LogP contribution in [0.3, 0.4) is 0 Å². The van der Waals surface area contributed by atoms with E-state index >= 15 is 0 Å². The average molecular weight is 334 g/mol. The van der Waals surface area contributed by atoms with Gasteiger partial charge in [-0.1, -0.05) is 30.3 Å². The van der Waals surface area contributed by atoms with Gasteiger partial charge in [0, 0.05) is 24.8 Å². The van der Waals surface area contributed by atoms with Gasteiger partial charge in [0.25, 0.3) is 0 Å². The normalized spacial score (nSPS) is 13.4. The average Bonchev–Trinajstić information content (AvgIpc) is 2.67. The third-order valence-corrected chi connectivity index (χ3v) is 4.43. The van der Waals surface area contributed by atoms with Crippen molar-refractivity contribution < 1.29 is 4.39 Å². The molecule has 4 nitrogen and oxygen atoms in total. The molecule has 1 aliphatic rings. The maximum atomic E-state index is 13.0. The van der Waals surface area contributed by atoms with Crippen molar-refractivity contribution in [1.82, 2.24) is 9.97 Å².